The van der Waals surface area contributed by atoms with Gasteiger partial charge in [-0.05, 0) is 57.4 Å². The number of hydrogen-bond donors (Lipinski definition) is 1. The molecule has 1 N–H and O–H groups in total. The number of aromatic nitrogens is 6. The van der Waals surface area contributed by atoms with Crippen LogP contribution >= 0.6 is 11.6 Å². The van der Waals surface area contributed by atoms with Crippen LogP contribution in [0.4, 0.5) is 5.69 Å². The minimum Gasteiger partial charge on any atom is -0.357 e. The van der Waals surface area contributed by atoms with Gasteiger partial charge < -0.3 is 9.88 Å². The van der Waals surface area contributed by atoms with Gasteiger partial charge in [0, 0.05) is 17.3 Å². The van der Waals surface area contributed by atoms with Gasteiger partial charge in [-0.25, -0.2) is 4.98 Å². The van der Waals surface area contributed by atoms with Crippen molar-refractivity contribution in [2.24, 2.45) is 0 Å². The van der Waals surface area contributed by atoms with E-state index in [0.717, 1.165) is 63.9 Å². The monoisotopic (exact) mass is 407 g/mol. The molecule has 1 fully saturated rings. The van der Waals surface area contributed by atoms with Crippen LogP contribution in [0.15, 0.2) is 36.8 Å². The van der Waals surface area contributed by atoms with Gasteiger partial charge in [0.2, 0.25) is 0 Å². The van der Waals surface area contributed by atoms with Gasteiger partial charge in [0.1, 0.15) is 11.5 Å². The molecule has 0 bridgehead atoms. The first-order chi connectivity index (χ1) is 14.0. The maximum atomic E-state index is 6.32. The second-order valence-corrected chi connectivity index (χ2v) is 8.22. The molecule has 29 heavy (non-hydrogen) atoms. The smallest absolute Gasteiger partial charge is 0.132 e. The summed E-state index contributed by atoms with van der Waals surface area (Å²) >= 11 is 6.32. The fourth-order valence-corrected chi connectivity index (χ4v) is 4.44. The Kier molecular flexibility index (Phi) is 4.10. The lowest BCUT2D eigenvalue weighted by Gasteiger charge is -2.36. The lowest BCUT2D eigenvalue weighted by molar-refractivity contribution is 0.465. The molecule has 1 aromatic carbocycles. The van der Waals surface area contributed by atoms with Crippen LogP contribution in [0.3, 0.4) is 0 Å². The first-order valence-corrected chi connectivity index (χ1v) is 10.1. The van der Waals surface area contributed by atoms with Crippen molar-refractivity contribution >= 4 is 28.3 Å². The van der Waals surface area contributed by atoms with E-state index < -0.39 is 0 Å². The molecule has 1 saturated heterocycles. The lowest BCUT2D eigenvalue weighted by atomic mass is 9.97. The first-order valence-electron chi connectivity index (χ1n) is 9.74. The minimum atomic E-state index is -0.284. The van der Waals surface area contributed by atoms with Crippen LogP contribution in [-0.4, -0.2) is 36.5 Å². The lowest BCUT2D eigenvalue weighted by Crippen LogP contribution is -2.40. The number of nitrogens with zero attached hydrogens (tertiary/aromatic N) is 6. The first kappa shape index (κ1) is 18.1. The molecular formula is C21H22ClN7. The van der Waals surface area contributed by atoms with E-state index in [-0.39, 0.29) is 5.54 Å². The van der Waals surface area contributed by atoms with Gasteiger partial charge in [0.15, 0.2) is 0 Å². The van der Waals surface area contributed by atoms with E-state index in [4.69, 9.17) is 16.6 Å². The zero-order chi connectivity index (χ0) is 20.2. The second kappa shape index (κ2) is 6.56. The van der Waals surface area contributed by atoms with E-state index in [9.17, 15) is 0 Å². The van der Waals surface area contributed by atoms with E-state index in [1.54, 1.807) is 17.2 Å². The quantitative estimate of drug-likeness (QED) is 0.547. The minimum absolute atomic E-state index is 0.284. The van der Waals surface area contributed by atoms with E-state index >= 15 is 0 Å². The largest absolute Gasteiger partial charge is 0.357 e. The van der Waals surface area contributed by atoms with Crippen LogP contribution in [0.1, 0.15) is 36.8 Å². The van der Waals surface area contributed by atoms with Gasteiger partial charge in [-0.3, -0.25) is 4.98 Å². The number of fused-ring (bicyclic) bond motifs is 1. The molecule has 1 aliphatic heterocycles. The number of halogens is 1. The van der Waals surface area contributed by atoms with Gasteiger partial charge in [-0.2, -0.15) is 10.2 Å². The maximum Gasteiger partial charge on any atom is 0.132 e. The molecule has 148 valence electrons. The highest BCUT2D eigenvalue weighted by Crippen LogP contribution is 2.43. The number of pyridine rings is 1. The normalized spacial score (nSPS) is 19.4. The maximum absolute atomic E-state index is 6.32. The summed E-state index contributed by atoms with van der Waals surface area (Å²) in [6.45, 7) is 7.18. The Morgan fingerprint density at radius 2 is 1.93 bits per heavy atom. The summed E-state index contributed by atoms with van der Waals surface area (Å²) in [5.74, 6) is 0.948. The average Bonchev–Trinajstić information content (AvgIpc) is 3.44. The molecule has 0 spiro atoms. The number of rotatable bonds is 3. The molecule has 0 saturated carbocycles. The standard InChI is InChI=1S/C21H22ClN7/c1-13-11-17(18(12-23-13)29-24-8-9-25-29)28-10-4-7-21(28,3)20-26-16-6-5-15(22)14(2)19(16)27-20/h5-6,8-9,11-12H,4,7,10H2,1-3H3,(H,26,27)/t21-/m0/s1. The van der Waals surface area contributed by atoms with Gasteiger partial charge in [-0.15, -0.1) is 4.80 Å². The van der Waals surface area contributed by atoms with Gasteiger partial charge in [0.05, 0.1) is 40.9 Å². The summed E-state index contributed by atoms with van der Waals surface area (Å²) in [6.07, 6.45) is 7.26. The molecular weight excluding hydrogens is 386 g/mol. The number of nitrogens with one attached hydrogen (secondary N) is 1. The van der Waals surface area contributed by atoms with Crippen molar-refractivity contribution in [1.82, 2.24) is 29.9 Å². The molecule has 1 atom stereocenters. The fraction of sp³-hybridized carbons (Fsp3) is 0.333. The Labute approximate surface area is 173 Å². The number of benzene rings is 1. The van der Waals surface area contributed by atoms with Crippen molar-refractivity contribution in [3.63, 3.8) is 0 Å². The molecule has 0 amide bonds. The topological polar surface area (TPSA) is 75.5 Å². The highest BCUT2D eigenvalue weighted by molar-refractivity contribution is 6.32. The summed E-state index contributed by atoms with van der Waals surface area (Å²) in [5.41, 5.74) is 5.54. The van der Waals surface area contributed by atoms with Crippen molar-refractivity contribution in [3.05, 3.63) is 58.9 Å². The third kappa shape index (κ3) is 2.80. The highest BCUT2D eigenvalue weighted by Gasteiger charge is 2.42. The van der Waals surface area contributed by atoms with Gasteiger partial charge in [0.25, 0.3) is 0 Å². The summed E-state index contributed by atoms with van der Waals surface area (Å²) in [6, 6.07) is 6.02. The molecule has 5 rings (SSSR count). The van der Waals surface area contributed by atoms with Gasteiger partial charge in [-0.1, -0.05) is 11.6 Å². The van der Waals surface area contributed by atoms with E-state index in [2.05, 4.69) is 38.1 Å². The summed E-state index contributed by atoms with van der Waals surface area (Å²) in [7, 11) is 0. The molecule has 4 aromatic rings. The molecule has 1 aliphatic rings. The molecule has 0 unspecified atom stereocenters. The fourth-order valence-electron chi connectivity index (χ4n) is 4.29. The van der Waals surface area contributed by atoms with Crippen LogP contribution in [0.25, 0.3) is 16.7 Å². The second-order valence-electron chi connectivity index (χ2n) is 7.82. The summed E-state index contributed by atoms with van der Waals surface area (Å²) in [5, 5.41) is 9.39. The van der Waals surface area contributed by atoms with Crippen molar-refractivity contribution in [3.8, 4) is 5.69 Å². The van der Waals surface area contributed by atoms with E-state index in [1.807, 2.05) is 32.2 Å². The third-order valence-corrected chi connectivity index (χ3v) is 6.33. The number of aryl methyl sites for hydroxylation is 2. The Bertz CT molecular complexity index is 1200. The molecule has 4 heterocycles. The Morgan fingerprint density at radius 1 is 1.14 bits per heavy atom. The van der Waals surface area contributed by atoms with Crippen LogP contribution in [0, 0.1) is 13.8 Å². The zero-order valence-electron chi connectivity index (χ0n) is 16.6. The molecule has 7 nitrogen and oxygen atoms in total. The zero-order valence-corrected chi connectivity index (χ0v) is 17.4. The Hall–Kier alpha value is -2.93. The SMILES string of the molecule is Cc1cc(N2CCC[C@@]2(C)c2nc3c(C)c(Cl)ccc3[nH]2)c(-n2nccn2)cn1. The van der Waals surface area contributed by atoms with Crippen LogP contribution in [0.2, 0.25) is 5.02 Å². The molecule has 8 heteroatoms. The van der Waals surface area contributed by atoms with E-state index in [1.165, 1.54) is 0 Å². The number of H-pyrrole nitrogens is 1. The predicted octanol–water partition coefficient (Wildman–Crippen LogP) is 4.32. The van der Waals surface area contributed by atoms with Crippen LogP contribution < -0.4 is 4.90 Å². The predicted molar refractivity (Wildman–Crippen MR) is 114 cm³/mol. The van der Waals surface area contributed by atoms with E-state index in [0.29, 0.717) is 0 Å². The van der Waals surface area contributed by atoms with Gasteiger partial charge >= 0.3 is 0 Å². The number of aromatic amines is 1. The van der Waals surface area contributed by atoms with Crippen molar-refractivity contribution < 1.29 is 0 Å². The summed E-state index contributed by atoms with van der Waals surface area (Å²) < 4.78 is 0. The molecule has 3 aromatic heterocycles. The number of anilines is 1. The molecule has 0 aliphatic carbocycles. The molecule has 0 radical (unpaired) electrons. The summed E-state index contributed by atoms with van der Waals surface area (Å²) in [4.78, 5) is 17.0. The van der Waals surface area contributed by atoms with Crippen molar-refractivity contribution in [2.75, 3.05) is 11.4 Å². The number of hydrogen-bond acceptors (Lipinski definition) is 5. The highest BCUT2D eigenvalue weighted by atomic mass is 35.5. The number of imidazole rings is 1. The van der Waals surface area contributed by atoms with Crippen molar-refractivity contribution in [2.45, 2.75) is 39.2 Å². The van der Waals surface area contributed by atoms with Crippen LogP contribution in [0.5, 0.6) is 0 Å². The Balaban J connectivity index is 1.66. The van der Waals surface area contributed by atoms with Crippen molar-refractivity contribution in [1.29, 1.82) is 0 Å². The Morgan fingerprint density at radius 3 is 2.72 bits per heavy atom. The average molecular weight is 408 g/mol. The third-order valence-electron chi connectivity index (χ3n) is 5.92. The van der Waals surface area contributed by atoms with Crippen LogP contribution in [-0.2, 0) is 5.54 Å².